The lowest BCUT2D eigenvalue weighted by molar-refractivity contribution is -0.0102. The third-order valence-corrected chi connectivity index (χ3v) is 3.93. The van der Waals surface area contributed by atoms with E-state index in [1.54, 1.807) is 7.11 Å². The molecule has 0 spiro atoms. The summed E-state index contributed by atoms with van der Waals surface area (Å²) in [6, 6.07) is 6.78. The van der Waals surface area contributed by atoms with Gasteiger partial charge in [-0.15, -0.1) is 0 Å². The highest BCUT2D eigenvalue weighted by atomic mass is 79.9. The van der Waals surface area contributed by atoms with Gasteiger partial charge in [0.25, 0.3) is 0 Å². The van der Waals surface area contributed by atoms with Gasteiger partial charge in [0.1, 0.15) is 5.75 Å². The molecular weight excluding hydrogens is 294 g/mol. The Labute approximate surface area is 117 Å². The maximum absolute atomic E-state index is 5.55. The maximum atomic E-state index is 5.55. The van der Waals surface area contributed by atoms with E-state index >= 15 is 0 Å². The van der Waals surface area contributed by atoms with Gasteiger partial charge in [-0.05, 0) is 53.4 Å². The van der Waals surface area contributed by atoms with Crippen molar-refractivity contribution in [2.24, 2.45) is 0 Å². The first-order valence-corrected chi connectivity index (χ1v) is 7.19. The van der Waals surface area contributed by atoms with Crippen LogP contribution in [0.15, 0.2) is 22.7 Å². The Morgan fingerprint density at radius 1 is 1.39 bits per heavy atom. The topological polar surface area (TPSA) is 30.5 Å². The maximum Gasteiger partial charge on any atom is 0.133 e. The summed E-state index contributed by atoms with van der Waals surface area (Å²) in [5.41, 5.74) is 1.27. The normalized spacial score (nSPS) is 22.6. The van der Waals surface area contributed by atoms with Gasteiger partial charge in [-0.2, -0.15) is 0 Å². The minimum atomic E-state index is 0.468. The molecule has 0 unspecified atom stereocenters. The smallest absolute Gasteiger partial charge is 0.133 e. The Bertz CT molecular complexity index is 391. The first-order chi connectivity index (χ1) is 8.72. The number of methoxy groups -OCH3 is 1. The highest BCUT2D eigenvalue weighted by Gasteiger charge is 2.28. The van der Waals surface area contributed by atoms with Crippen molar-refractivity contribution in [3.8, 4) is 5.75 Å². The van der Waals surface area contributed by atoms with E-state index in [4.69, 9.17) is 9.47 Å². The van der Waals surface area contributed by atoms with Crippen LogP contribution in [0.4, 0.5) is 0 Å². The number of benzene rings is 1. The van der Waals surface area contributed by atoms with Crippen molar-refractivity contribution in [2.45, 2.75) is 38.5 Å². The van der Waals surface area contributed by atoms with E-state index in [2.05, 4.69) is 40.3 Å². The van der Waals surface area contributed by atoms with Crippen molar-refractivity contribution in [1.82, 2.24) is 5.32 Å². The van der Waals surface area contributed by atoms with E-state index in [1.807, 2.05) is 6.07 Å². The molecule has 100 valence electrons. The standard InChI is InChI=1S/C14H20BrNO2/c1-3-18-12-7-11(8-12)16-9-10-4-5-14(17-2)13(15)6-10/h4-6,11-12,16H,3,7-9H2,1-2H3. The van der Waals surface area contributed by atoms with Gasteiger partial charge < -0.3 is 14.8 Å². The zero-order valence-electron chi connectivity index (χ0n) is 10.9. The molecule has 0 amide bonds. The number of ether oxygens (including phenoxy) is 2. The summed E-state index contributed by atoms with van der Waals surface area (Å²) < 4.78 is 11.8. The first kappa shape index (κ1) is 13.8. The molecule has 1 aromatic rings. The number of nitrogens with one attached hydrogen (secondary N) is 1. The zero-order valence-corrected chi connectivity index (χ0v) is 12.5. The van der Waals surface area contributed by atoms with E-state index < -0.39 is 0 Å². The lowest BCUT2D eigenvalue weighted by atomic mass is 9.89. The average Bonchev–Trinajstić information content (AvgIpc) is 2.32. The molecule has 1 fully saturated rings. The highest BCUT2D eigenvalue weighted by Crippen LogP contribution is 2.27. The molecule has 0 radical (unpaired) electrons. The first-order valence-electron chi connectivity index (χ1n) is 6.40. The molecule has 0 aromatic heterocycles. The fourth-order valence-electron chi connectivity index (χ4n) is 2.19. The highest BCUT2D eigenvalue weighted by molar-refractivity contribution is 9.10. The van der Waals surface area contributed by atoms with E-state index in [-0.39, 0.29) is 0 Å². The fraction of sp³-hybridized carbons (Fsp3) is 0.571. The molecule has 18 heavy (non-hydrogen) atoms. The van der Waals surface area contributed by atoms with E-state index in [1.165, 1.54) is 5.56 Å². The summed E-state index contributed by atoms with van der Waals surface area (Å²) in [5, 5.41) is 3.55. The average molecular weight is 314 g/mol. The SMILES string of the molecule is CCOC1CC(NCc2ccc(OC)c(Br)c2)C1. The quantitative estimate of drug-likeness (QED) is 0.875. The van der Waals surface area contributed by atoms with Crippen LogP contribution >= 0.6 is 15.9 Å². The second-order valence-corrected chi connectivity index (χ2v) is 5.45. The lowest BCUT2D eigenvalue weighted by Crippen LogP contribution is -2.45. The predicted octanol–water partition coefficient (Wildman–Crippen LogP) is 3.11. The molecule has 3 nitrogen and oxygen atoms in total. The third-order valence-electron chi connectivity index (χ3n) is 3.31. The van der Waals surface area contributed by atoms with Crippen molar-refractivity contribution in [3.05, 3.63) is 28.2 Å². The van der Waals surface area contributed by atoms with Crippen LogP contribution in [0.1, 0.15) is 25.3 Å². The van der Waals surface area contributed by atoms with Crippen LogP contribution < -0.4 is 10.1 Å². The molecule has 0 bridgehead atoms. The molecule has 1 aromatic carbocycles. The Morgan fingerprint density at radius 2 is 2.17 bits per heavy atom. The van der Waals surface area contributed by atoms with Gasteiger partial charge in [-0.3, -0.25) is 0 Å². The molecule has 0 saturated heterocycles. The van der Waals surface area contributed by atoms with Gasteiger partial charge in [-0.25, -0.2) is 0 Å². The molecule has 1 N–H and O–H groups in total. The van der Waals surface area contributed by atoms with Gasteiger partial charge in [-0.1, -0.05) is 6.07 Å². The number of hydrogen-bond acceptors (Lipinski definition) is 3. The van der Waals surface area contributed by atoms with Gasteiger partial charge in [0, 0.05) is 19.2 Å². The van der Waals surface area contributed by atoms with E-state index in [9.17, 15) is 0 Å². The second kappa shape index (κ2) is 6.55. The van der Waals surface area contributed by atoms with Crippen LogP contribution in [0, 0.1) is 0 Å². The van der Waals surface area contributed by atoms with Crippen LogP contribution in [-0.4, -0.2) is 25.9 Å². The lowest BCUT2D eigenvalue weighted by Gasteiger charge is -2.35. The third kappa shape index (κ3) is 3.46. The summed E-state index contributed by atoms with van der Waals surface area (Å²) in [4.78, 5) is 0. The minimum Gasteiger partial charge on any atom is -0.496 e. The number of halogens is 1. The van der Waals surface area contributed by atoms with Crippen LogP contribution in [0.5, 0.6) is 5.75 Å². The van der Waals surface area contributed by atoms with Crippen molar-refractivity contribution >= 4 is 15.9 Å². The molecule has 1 saturated carbocycles. The van der Waals surface area contributed by atoms with Gasteiger partial charge in [0.05, 0.1) is 17.7 Å². The van der Waals surface area contributed by atoms with Crippen LogP contribution in [0.25, 0.3) is 0 Å². The van der Waals surface area contributed by atoms with Crippen LogP contribution in [0.3, 0.4) is 0 Å². The Hall–Kier alpha value is -0.580. The summed E-state index contributed by atoms with van der Waals surface area (Å²) in [5.74, 6) is 0.874. The van der Waals surface area contributed by atoms with Crippen molar-refractivity contribution in [3.63, 3.8) is 0 Å². The van der Waals surface area contributed by atoms with Gasteiger partial charge in [0.2, 0.25) is 0 Å². The predicted molar refractivity (Wildman–Crippen MR) is 76.0 cm³/mol. The van der Waals surface area contributed by atoms with Gasteiger partial charge >= 0.3 is 0 Å². The second-order valence-electron chi connectivity index (χ2n) is 4.60. The Morgan fingerprint density at radius 3 is 2.78 bits per heavy atom. The number of hydrogen-bond donors (Lipinski definition) is 1. The Balaban J connectivity index is 1.76. The van der Waals surface area contributed by atoms with Crippen molar-refractivity contribution < 1.29 is 9.47 Å². The monoisotopic (exact) mass is 313 g/mol. The summed E-state index contributed by atoms with van der Waals surface area (Å²) in [7, 11) is 1.68. The fourth-order valence-corrected chi connectivity index (χ4v) is 2.77. The Kier molecular flexibility index (Phi) is 5.03. The van der Waals surface area contributed by atoms with Gasteiger partial charge in [0.15, 0.2) is 0 Å². The molecule has 0 atom stereocenters. The molecule has 0 heterocycles. The van der Waals surface area contributed by atoms with Crippen LogP contribution in [0.2, 0.25) is 0 Å². The van der Waals surface area contributed by atoms with E-state index in [0.717, 1.165) is 36.2 Å². The minimum absolute atomic E-state index is 0.468. The molecule has 0 aliphatic heterocycles. The summed E-state index contributed by atoms with van der Waals surface area (Å²) in [6.07, 6.45) is 2.73. The molecule has 1 aliphatic carbocycles. The zero-order chi connectivity index (χ0) is 13.0. The largest absolute Gasteiger partial charge is 0.496 e. The molecule has 1 aliphatic rings. The van der Waals surface area contributed by atoms with Crippen LogP contribution in [-0.2, 0) is 11.3 Å². The van der Waals surface area contributed by atoms with Crippen molar-refractivity contribution in [1.29, 1.82) is 0 Å². The van der Waals surface area contributed by atoms with Crippen molar-refractivity contribution in [2.75, 3.05) is 13.7 Å². The summed E-state index contributed by atoms with van der Waals surface area (Å²) >= 11 is 3.50. The number of rotatable bonds is 6. The molecule has 2 rings (SSSR count). The van der Waals surface area contributed by atoms with E-state index in [0.29, 0.717) is 12.1 Å². The molecular formula is C14H20BrNO2. The summed E-state index contributed by atoms with van der Waals surface area (Å²) in [6.45, 7) is 3.77. The molecule has 4 heteroatoms.